The predicted octanol–water partition coefficient (Wildman–Crippen LogP) is 3.63. The molecule has 1 aromatic heterocycles. The second-order valence-electron chi connectivity index (χ2n) is 4.54. The molecular formula is C14H15ClN2O. The standard InChI is InChI=1S/C14H15ClN2O/c1-14(2,13-8-3-10(15)9-17-13)18-12-6-4-11(16)5-7-12/h3-9H,16H2,1-2H3. The highest BCUT2D eigenvalue weighted by Crippen LogP contribution is 2.27. The van der Waals surface area contributed by atoms with E-state index in [-0.39, 0.29) is 0 Å². The van der Waals surface area contributed by atoms with Crippen molar-refractivity contribution in [2.24, 2.45) is 0 Å². The molecular weight excluding hydrogens is 248 g/mol. The minimum atomic E-state index is -0.527. The van der Waals surface area contributed by atoms with Crippen LogP contribution in [-0.4, -0.2) is 4.98 Å². The molecule has 0 saturated heterocycles. The molecule has 0 spiro atoms. The third kappa shape index (κ3) is 2.93. The lowest BCUT2D eigenvalue weighted by Gasteiger charge is -2.26. The number of hydrogen-bond acceptors (Lipinski definition) is 3. The van der Waals surface area contributed by atoms with Crippen LogP contribution in [0.5, 0.6) is 5.75 Å². The summed E-state index contributed by atoms with van der Waals surface area (Å²) in [7, 11) is 0. The lowest BCUT2D eigenvalue weighted by Crippen LogP contribution is -2.26. The average Bonchev–Trinajstić information content (AvgIpc) is 2.32. The molecule has 0 aliphatic carbocycles. The number of nitrogen functional groups attached to an aromatic ring is 1. The van der Waals surface area contributed by atoms with E-state index in [9.17, 15) is 0 Å². The van der Waals surface area contributed by atoms with Gasteiger partial charge in [0, 0.05) is 11.9 Å². The summed E-state index contributed by atoms with van der Waals surface area (Å²) in [6.45, 7) is 3.92. The van der Waals surface area contributed by atoms with Crippen LogP contribution in [0.4, 0.5) is 5.69 Å². The number of halogens is 1. The van der Waals surface area contributed by atoms with Gasteiger partial charge in [0.05, 0.1) is 10.7 Å². The molecule has 0 radical (unpaired) electrons. The minimum Gasteiger partial charge on any atom is -0.482 e. The maximum Gasteiger partial charge on any atom is 0.145 e. The van der Waals surface area contributed by atoms with Crippen molar-refractivity contribution in [1.29, 1.82) is 0 Å². The summed E-state index contributed by atoms with van der Waals surface area (Å²) in [4.78, 5) is 4.28. The number of hydrogen-bond donors (Lipinski definition) is 1. The Kier molecular flexibility index (Phi) is 3.43. The number of ether oxygens (including phenoxy) is 1. The SMILES string of the molecule is CC(C)(Oc1ccc(N)cc1)c1ccc(Cl)cn1. The summed E-state index contributed by atoms with van der Waals surface area (Å²) in [6.07, 6.45) is 1.62. The third-order valence-corrected chi connectivity index (χ3v) is 2.82. The van der Waals surface area contributed by atoms with Gasteiger partial charge in [0.1, 0.15) is 11.4 Å². The lowest BCUT2D eigenvalue weighted by atomic mass is 10.0. The van der Waals surface area contributed by atoms with Crippen LogP contribution < -0.4 is 10.5 Å². The third-order valence-electron chi connectivity index (χ3n) is 2.60. The van der Waals surface area contributed by atoms with Crippen LogP contribution in [0.25, 0.3) is 0 Å². The molecule has 0 aliphatic heterocycles. The molecule has 94 valence electrons. The van der Waals surface area contributed by atoms with Crippen LogP contribution in [-0.2, 0) is 5.60 Å². The van der Waals surface area contributed by atoms with Gasteiger partial charge in [0.2, 0.25) is 0 Å². The van der Waals surface area contributed by atoms with E-state index in [0.717, 1.165) is 11.4 Å². The van der Waals surface area contributed by atoms with Gasteiger partial charge in [-0.05, 0) is 50.2 Å². The molecule has 0 aliphatic rings. The Morgan fingerprint density at radius 3 is 2.33 bits per heavy atom. The van der Waals surface area contributed by atoms with Crippen molar-refractivity contribution in [3.8, 4) is 5.75 Å². The fourth-order valence-electron chi connectivity index (χ4n) is 1.61. The molecule has 1 aromatic carbocycles. The Balaban J connectivity index is 2.20. The van der Waals surface area contributed by atoms with Crippen LogP contribution in [0.2, 0.25) is 5.02 Å². The molecule has 18 heavy (non-hydrogen) atoms. The molecule has 0 saturated carbocycles. The molecule has 2 rings (SSSR count). The van der Waals surface area contributed by atoms with E-state index in [1.54, 1.807) is 24.4 Å². The first-order valence-corrected chi connectivity index (χ1v) is 6.02. The molecule has 0 amide bonds. The van der Waals surface area contributed by atoms with E-state index in [4.69, 9.17) is 22.1 Å². The molecule has 0 bridgehead atoms. The van der Waals surface area contributed by atoms with E-state index in [1.165, 1.54) is 0 Å². The zero-order valence-electron chi connectivity index (χ0n) is 10.4. The maximum absolute atomic E-state index is 5.92. The van der Waals surface area contributed by atoms with E-state index in [0.29, 0.717) is 10.7 Å². The van der Waals surface area contributed by atoms with Gasteiger partial charge in [-0.2, -0.15) is 0 Å². The molecule has 2 aromatic rings. The van der Waals surface area contributed by atoms with Crippen LogP contribution in [0.1, 0.15) is 19.5 Å². The number of pyridine rings is 1. The molecule has 3 nitrogen and oxygen atoms in total. The summed E-state index contributed by atoms with van der Waals surface area (Å²) in [6, 6.07) is 11.0. The monoisotopic (exact) mass is 262 g/mol. The first-order valence-electron chi connectivity index (χ1n) is 5.64. The number of nitrogens with zero attached hydrogens (tertiary/aromatic N) is 1. The first kappa shape index (κ1) is 12.7. The molecule has 4 heteroatoms. The van der Waals surface area contributed by atoms with Crippen LogP contribution in [0, 0.1) is 0 Å². The highest BCUT2D eigenvalue weighted by molar-refractivity contribution is 6.30. The zero-order chi connectivity index (χ0) is 13.2. The molecule has 2 N–H and O–H groups in total. The van der Waals surface area contributed by atoms with Gasteiger partial charge in [-0.15, -0.1) is 0 Å². The van der Waals surface area contributed by atoms with Gasteiger partial charge < -0.3 is 10.5 Å². The second kappa shape index (κ2) is 4.86. The van der Waals surface area contributed by atoms with Crippen molar-refractivity contribution in [2.75, 3.05) is 5.73 Å². The summed E-state index contributed by atoms with van der Waals surface area (Å²) < 4.78 is 5.92. The van der Waals surface area contributed by atoms with Crippen molar-refractivity contribution >= 4 is 17.3 Å². The topological polar surface area (TPSA) is 48.1 Å². The largest absolute Gasteiger partial charge is 0.482 e. The van der Waals surface area contributed by atoms with E-state index in [1.807, 2.05) is 32.0 Å². The fraction of sp³-hybridized carbons (Fsp3) is 0.214. The minimum absolute atomic E-state index is 0.527. The normalized spacial score (nSPS) is 11.3. The molecule has 0 fully saturated rings. The molecule has 0 atom stereocenters. The smallest absolute Gasteiger partial charge is 0.145 e. The van der Waals surface area contributed by atoms with Gasteiger partial charge in [0.15, 0.2) is 0 Å². The lowest BCUT2D eigenvalue weighted by molar-refractivity contribution is 0.104. The first-order chi connectivity index (χ1) is 8.47. The van der Waals surface area contributed by atoms with E-state index >= 15 is 0 Å². The fourth-order valence-corrected chi connectivity index (χ4v) is 1.73. The van der Waals surface area contributed by atoms with Crippen molar-refractivity contribution in [2.45, 2.75) is 19.4 Å². The van der Waals surface area contributed by atoms with Crippen LogP contribution in [0.15, 0.2) is 42.6 Å². The van der Waals surface area contributed by atoms with Gasteiger partial charge in [-0.25, -0.2) is 0 Å². The van der Waals surface area contributed by atoms with Crippen molar-refractivity contribution in [1.82, 2.24) is 4.98 Å². The van der Waals surface area contributed by atoms with Gasteiger partial charge >= 0.3 is 0 Å². The Labute approximate surface area is 112 Å². The van der Waals surface area contributed by atoms with Gasteiger partial charge in [0.25, 0.3) is 0 Å². The van der Waals surface area contributed by atoms with E-state index in [2.05, 4.69) is 4.98 Å². The maximum atomic E-state index is 5.92. The van der Waals surface area contributed by atoms with Crippen molar-refractivity contribution in [3.63, 3.8) is 0 Å². The van der Waals surface area contributed by atoms with Gasteiger partial charge in [-0.3, -0.25) is 4.98 Å². The number of benzene rings is 1. The zero-order valence-corrected chi connectivity index (χ0v) is 11.1. The van der Waals surface area contributed by atoms with E-state index < -0.39 is 5.60 Å². The summed E-state index contributed by atoms with van der Waals surface area (Å²) >= 11 is 5.82. The Hall–Kier alpha value is -1.74. The summed E-state index contributed by atoms with van der Waals surface area (Å²) in [5.41, 5.74) is 6.64. The van der Waals surface area contributed by atoms with Crippen molar-refractivity contribution in [3.05, 3.63) is 53.3 Å². The molecule has 1 heterocycles. The highest BCUT2D eigenvalue weighted by atomic mass is 35.5. The predicted molar refractivity (Wildman–Crippen MR) is 73.8 cm³/mol. The highest BCUT2D eigenvalue weighted by Gasteiger charge is 2.24. The number of nitrogens with two attached hydrogens (primary N) is 1. The second-order valence-corrected chi connectivity index (χ2v) is 4.98. The average molecular weight is 263 g/mol. The quantitative estimate of drug-likeness (QED) is 0.860. The number of aromatic nitrogens is 1. The number of anilines is 1. The summed E-state index contributed by atoms with van der Waals surface area (Å²) in [5.74, 6) is 0.756. The van der Waals surface area contributed by atoms with Crippen LogP contribution in [0.3, 0.4) is 0 Å². The van der Waals surface area contributed by atoms with Crippen molar-refractivity contribution < 1.29 is 4.74 Å². The molecule has 0 unspecified atom stereocenters. The Bertz CT molecular complexity index is 520. The van der Waals surface area contributed by atoms with Gasteiger partial charge in [-0.1, -0.05) is 11.6 Å². The van der Waals surface area contributed by atoms with Crippen LogP contribution >= 0.6 is 11.6 Å². The summed E-state index contributed by atoms with van der Waals surface area (Å²) in [5, 5.41) is 0.613. The Morgan fingerprint density at radius 1 is 1.11 bits per heavy atom. The number of rotatable bonds is 3. The Morgan fingerprint density at radius 2 is 1.78 bits per heavy atom.